The predicted octanol–water partition coefficient (Wildman–Crippen LogP) is 3.23. The molecule has 0 saturated carbocycles. The number of hydrogen-bond acceptors (Lipinski definition) is 2. The van der Waals surface area contributed by atoms with Crippen molar-refractivity contribution in [1.82, 2.24) is 10.6 Å². The molecule has 6 heteroatoms. The second-order valence-electron chi connectivity index (χ2n) is 5.86. The van der Waals surface area contributed by atoms with Crippen LogP contribution in [0.3, 0.4) is 0 Å². The van der Waals surface area contributed by atoms with Crippen LogP contribution in [0.5, 0.6) is 0 Å². The van der Waals surface area contributed by atoms with Crippen molar-refractivity contribution < 1.29 is 18.7 Å². The average Bonchev–Trinajstić information content (AvgIpc) is 2.53. The van der Waals surface area contributed by atoms with E-state index in [0.29, 0.717) is 6.07 Å². The van der Waals surface area contributed by atoms with Crippen LogP contribution in [0.4, 0.5) is 13.6 Å². The van der Waals surface area contributed by atoms with Crippen LogP contribution in [0.1, 0.15) is 31.0 Å². The zero-order valence-electron chi connectivity index (χ0n) is 13.5. The highest BCUT2D eigenvalue weighted by atomic mass is 19.1. The van der Waals surface area contributed by atoms with Crippen molar-refractivity contribution in [3.05, 3.63) is 71.3 Å². The fourth-order valence-electron chi connectivity index (χ4n) is 2.35. The summed E-state index contributed by atoms with van der Waals surface area (Å²) in [5.74, 6) is -1.59. The largest absolute Gasteiger partial charge is 0.383 e. The van der Waals surface area contributed by atoms with Crippen molar-refractivity contribution in [2.45, 2.75) is 25.5 Å². The van der Waals surface area contributed by atoms with Crippen LogP contribution in [-0.2, 0) is 5.60 Å². The molecule has 0 aromatic heterocycles. The molecule has 0 saturated heterocycles. The lowest BCUT2D eigenvalue weighted by Gasteiger charge is -2.25. The van der Waals surface area contributed by atoms with E-state index in [4.69, 9.17) is 0 Å². The van der Waals surface area contributed by atoms with E-state index in [9.17, 15) is 18.7 Å². The summed E-state index contributed by atoms with van der Waals surface area (Å²) in [5.41, 5.74) is -0.810. The highest BCUT2D eigenvalue weighted by Gasteiger charge is 2.27. The van der Waals surface area contributed by atoms with Crippen molar-refractivity contribution in [2.24, 2.45) is 0 Å². The van der Waals surface area contributed by atoms with Crippen molar-refractivity contribution in [2.75, 3.05) is 6.54 Å². The first kappa shape index (κ1) is 17.9. The van der Waals surface area contributed by atoms with Crippen molar-refractivity contribution in [3.63, 3.8) is 0 Å². The molecule has 3 N–H and O–H groups in total. The van der Waals surface area contributed by atoms with Crippen LogP contribution in [0, 0.1) is 11.6 Å². The normalized spacial score (nSPS) is 14.5. The summed E-state index contributed by atoms with van der Waals surface area (Å²) in [7, 11) is 0. The summed E-state index contributed by atoms with van der Waals surface area (Å²) in [4.78, 5) is 12.0. The number of amides is 2. The van der Waals surface area contributed by atoms with Gasteiger partial charge in [-0.05, 0) is 25.5 Å². The van der Waals surface area contributed by atoms with Gasteiger partial charge in [0.05, 0.1) is 12.6 Å². The van der Waals surface area contributed by atoms with Gasteiger partial charge in [-0.15, -0.1) is 0 Å². The molecule has 2 aromatic carbocycles. The van der Waals surface area contributed by atoms with Crippen LogP contribution in [-0.4, -0.2) is 17.7 Å². The second kappa shape index (κ2) is 7.40. The Morgan fingerprint density at radius 2 is 1.88 bits per heavy atom. The van der Waals surface area contributed by atoms with Gasteiger partial charge in [-0.25, -0.2) is 13.6 Å². The van der Waals surface area contributed by atoms with Gasteiger partial charge in [0.15, 0.2) is 0 Å². The van der Waals surface area contributed by atoms with E-state index in [1.807, 2.05) is 37.3 Å². The lowest BCUT2D eigenvalue weighted by atomic mass is 9.95. The molecule has 0 aliphatic rings. The molecular weight excluding hydrogens is 314 g/mol. The fraction of sp³-hybridized carbons (Fsp3) is 0.278. The lowest BCUT2D eigenvalue weighted by Crippen LogP contribution is -2.44. The molecule has 128 valence electrons. The van der Waals surface area contributed by atoms with Crippen LogP contribution in [0.15, 0.2) is 48.5 Å². The summed E-state index contributed by atoms with van der Waals surface area (Å²) in [6, 6.07) is 11.6. The summed E-state index contributed by atoms with van der Waals surface area (Å²) < 4.78 is 26.7. The molecule has 0 heterocycles. The molecular formula is C18H20F2N2O2. The zero-order chi connectivity index (χ0) is 17.7. The number of hydrogen-bond donors (Lipinski definition) is 3. The van der Waals surface area contributed by atoms with Gasteiger partial charge in [0.25, 0.3) is 0 Å². The molecule has 24 heavy (non-hydrogen) atoms. The molecule has 2 rings (SSSR count). The van der Waals surface area contributed by atoms with E-state index in [-0.39, 0.29) is 18.2 Å². The molecule has 4 nitrogen and oxygen atoms in total. The van der Waals surface area contributed by atoms with Gasteiger partial charge >= 0.3 is 6.03 Å². The van der Waals surface area contributed by atoms with E-state index >= 15 is 0 Å². The van der Waals surface area contributed by atoms with Crippen molar-refractivity contribution in [1.29, 1.82) is 0 Å². The van der Waals surface area contributed by atoms with Gasteiger partial charge in [-0.3, -0.25) is 0 Å². The Balaban J connectivity index is 1.95. The number of benzene rings is 2. The smallest absolute Gasteiger partial charge is 0.315 e. The van der Waals surface area contributed by atoms with E-state index in [1.54, 1.807) is 0 Å². The monoisotopic (exact) mass is 334 g/mol. The Bertz CT molecular complexity index is 705. The van der Waals surface area contributed by atoms with Crippen LogP contribution in [0.2, 0.25) is 0 Å². The molecule has 2 aromatic rings. The van der Waals surface area contributed by atoms with E-state index in [1.165, 1.54) is 6.92 Å². The van der Waals surface area contributed by atoms with Gasteiger partial charge in [0.2, 0.25) is 0 Å². The molecule has 0 radical (unpaired) electrons. The quantitative estimate of drug-likeness (QED) is 0.786. The van der Waals surface area contributed by atoms with Gasteiger partial charge < -0.3 is 15.7 Å². The van der Waals surface area contributed by atoms with Crippen molar-refractivity contribution >= 4 is 6.03 Å². The molecule has 0 bridgehead atoms. The Kier molecular flexibility index (Phi) is 5.51. The summed E-state index contributed by atoms with van der Waals surface area (Å²) >= 11 is 0. The Hall–Kier alpha value is -2.47. The topological polar surface area (TPSA) is 61.4 Å². The van der Waals surface area contributed by atoms with Gasteiger partial charge in [-0.2, -0.15) is 0 Å². The molecule has 0 aliphatic heterocycles. The maximum atomic E-state index is 13.8. The number of aliphatic hydroxyl groups is 1. The van der Waals surface area contributed by atoms with Crippen LogP contribution >= 0.6 is 0 Å². The highest BCUT2D eigenvalue weighted by Crippen LogP contribution is 2.23. The number of nitrogens with one attached hydrogen (secondary N) is 2. The van der Waals surface area contributed by atoms with Gasteiger partial charge in [-0.1, -0.05) is 36.4 Å². The molecule has 2 atom stereocenters. The number of carbonyl (C=O) groups excluding carboxylic acids is 1. The molecule has 0 aliphatic carbocycles. The predicted molar refractivity (Wildman–Crippen MR) is 87.3 cm³/mol. The maximum Gasteiger partial charge on any atom is 0.315 e. The second-order valence-corrected chi connectivity index (χ2v) is 5.86. The van der Waals surface area contributed by atoms with Gasteiger partial charge in [0.1, 0.15) is 17.2 Å². The minimum atomic E-state index is -1.66. The third-order valence-electron chi connectivity index (χ3n) is 3.75. The summed E-state index contributed by atoms with van der Waals surface area (Å²) in [5, 5.41) is 15.6. The summed E-state index contributed by atoms with van der Waals surface area (Å²) in [6.45, 7) is 2.96. The number of urea groups is 1. The van der Waals surface area contributed by atoms with Crippen molar-refractivity contribution in [3.8, 4) is 0 Å². The first-order valence-corrected chi connectivity index (χ1v) is 7.57. The third-order valence-corrected chi connectivity index (χ3v) is 3.75. The number of carbonyl (C=O) groups is 1. The SMILES string of the molecule is CC(NC(=O)NCC(C)(O)c1ccc(F)cc1F)c1ccccc1. The standard InChI is InChI=1S/C18H20F2N2O2/c1-12(13-6-4-3-5-7-13)22-17(23)21-11-18(2,24)15-9-8-14(19)10-16(15)20/h3-10,12,24H,11H2,1-2H3,(H2,21,22,23). The Morgan fingerprint density at radius 1 is 1.21 bits per heavy atom. The summed E-state index contributed by atoms with van der Waals surface area (Å²) in [6.07, 6.45) is 0. The fourth-order valence-corrected chi connectivity index (χ4v) is 2.35. The Labute approximate surface area is 139 Å². The molecule has 0 fully saturated rings. The third kappa shape index (κ3) is 4.52. The first-order valence-electron chi connectivity index (χ1n) is 7.57. The maximum absolute atomic E-state index is 13.8. The number of rotatable bonds is 5. The number of halogens is 2. The van der Waals surface area contributed by atoms with E-state index in [0.717, 1.165) is 17.7 Å². The van der Waals surface area contributed by atoms with E-state index in [2.05, 4.69) is 10.6 Å². The Morgan fingerprint density at radius 3 is 2.50 bits per heavy atom. The van der Waals surface area contributed by atoms with Crippen LogP contribution < -0.4 is 10.6 Å². The first-order chi connectivity index (χ1) is 11.3. The lowest BCUT2D eigenvalue weighted by molar-refractivity contribution is 0.0554. The molecule has 2 unspecified atom stereocenters. The van der Waals surface area contributed by atoms with Crippen LogP contribution in [0.25, 0.3) is 0 Å². The minimum Gasteiger partial charge on any atom is -0.383 e. The minimum absolute atomic E-state index is 0.0830. The zero-order valence-corrected chi connectivity index (χ0v) is 13.5. The molecule has 2 amide bonds. The average molecular weight is 334 g/mol. The highest BCUT2D eigenvalue weighted by molar-refractivity contribution is 5.74. The van der Waals surface area contributed by atoms with Gasteiger partial charge in [0, 0.05) is 11.6 Å². The molecule has 0 spiro atoms. The van der Waals surface area contributed by atoms with E-state index < -0.39 is 23.3 Å².